The highest BCUT2D eigenvalue weighted by Crippen LogP contribution is 2.17. The summed E-state index contributed by atoms with van der Waals surface area (Å²) in [7, 11) is 0. The van der Waals surface area contributed by atoms with Crippen molar-refractivity contribution in [1.82, 2.24) is 5.32 Å². The zero-order valence-corrected chi connectivity index (χ0v) is 9.38. The monoisotopic (exact) mass is 216 g/mol. The fourth-order valence-corrected chi connectivity index (χ4v) is 1.34. The summed E-state index contributed by atoms with van der Waals surface area (Å²) in [4.78, 5) is 11.6. The maximum Gasteiger partial charge on any atom is 0.239 e. The minimum absolute atomic E-state index is 0.207. The molecule has 0 aromatic rings. The Morgan fingerprint density at radius 3 is 2.87 bits per heavy atom. The van der Waals surface area contributed by atoms with Gasteiger partial charge in [0.25, 0.3) is 0 Å². The highest BCUT2D eigenvalue weighted by Gasteiger charge is 2.34. The Labute approximate surface area is 90.0 Å². The summed E-state index contributed by atoms with van der Waals surface area (Å²) >= 11 is 0. The van der Waals surface area contributed by atoms with Crippen molar-refractivity contribution in [1.29, 1.82) is 0 Å². The van der Waals surface area contributed by atoms with Gasteiger partial charge in [0, 0.05) is 19.6 Å². The molecule has 1 aliphatic heterocycles. The average Bonchev–Trinajstić information content (AvgIpc) is 2.62. The summed E-state index contributed by atoms with van der Waals surface area (Å²) in [5.41, 5.74) is 3.98. The van der Waals surface area contributed by atoms with Gasteiger partial charge in [-0.2, -0.15) is 0 Å². The molecule has 0 saturated carbocycles. The average molecular weight is 216 g/mol. The second kappa shape index (κ2) is 4.47. The fourth-order valence-electron chi connectivity index (χ4n) is 1.34. The Morgan fingerprint density at radius 1 is 1.73 bits per heavy atom. The molecule has 1 fully saturated rings. The van der Waals surface area contributed by atoms with Gasteiger partial charge in [0.05, 0.1) is 12.1 Å². The number of aliphatic hydroxyl groups is 1. The van der Waals surface area contributed by atoms with E-state index in [0.717, 1.165) is 0 Å². The summed E-state index contributed by atoms with van der Waals surface area (Å²) in [6.45, 7) is 4.56. The second-order valence-corrected chi connectivity index (χ2v) is 4.48. The quantitative estimate of drug-likeness (QED) is 0.585. The van der Waals surface area contributed by atoms with Crippen LogP contribution in [0.2, 0.25) is 0 Å². The molecule has 0 spiro atoms. The minimum atomic E-state index is -0.917. The maximum absolute atomic E-state index is 11.6. The van der Waals surface area contributed by atoms with Crippen molar-refractivity contribution in [3.63, 3.8) is 0 Å². The Balaban J connectivity index is 2.40. The molecule has 15 heavy (non-hydrogen) atoms. The molecule has 0 bridgehead atoms. The van der Waals surface area contributed by atoms with Crippen LogP contribution in [0.3, 0.4) is 0 Å². The summed E-state index contributed by atoms with van der Waals surface area (Å²) in [6.07, 6.45) is 1.12. The third-order valence-corrected chi connectivity index (χ3v) is 2.91. The molecule has 1 heterocycles. The van der Waals surface area contributed by atoms with Gasteiger partial charge in [-0.25, -0.2) is 0 Å². The van der Waals surface area contributed by atoms with Crippen LogP contribution in [0.4, 0.5) is 0 Å². The smallest absolute Gasteiger partial charge is 0.239 e. The van der Waals surface area contributed by atoms with Crippen LogP contribution >= 0.6 is 0 Å². The van der Waals surface area contributed by atoms with Crippen molar-refractivity contribution in [2.24, 2.45) is 5.73 Å². The normalized spacial score (nSPS) is 29.9. The first-order chi connectivity index (χ1) is 6.90. The Kier molecular flexibility index (Phi) is 3.70. The molecule has 0 radical (unpaired) electrons. The minimum Gasteiger partial charge on any atom is -0.386 e. The number of carbonyl (C=O) groups is 1. The zero-order chi connectivity index (χ0) is 11.5. The molecule has 1 amide bonds. The van der Waals surface area contributed by atoms with Crippen LogP contribution in [-0.4, -0.2) is 41.9 Å². The van der Waals surface area contributed by atoms with Crippen LogP contribution in [0.15, 0.2) is 0 Å². The number of nitrogens with two attached hydrogens (primary N) is 1. The van der Waals surface area contributed by atoms with Crippen LogP contribution in [0, 0.1) is 0 Å². The number of ether oxygens (including phenoxy) is 1. The number of amides is 1. The molecule has 2 unspecified atom stereocenters. The van der Waals surface area contributed by atoms with Crippen molar-refractivity contribution in [2.75, 3.05) is 19.8 Å². The van der Waals surface area contributed by atoms with E-state index in [0.29, 0.717) is 19.4 Å². The van der Waals surface area contributed by atoms with Crippen molar-refractivity contribution in [3.05, 3.63) is 0 Å². The Morgan fingerprint density at radius 2 is 2.40 bits per heavy atom. The Bertz CT molecular complexity index is 235. The van der Waals surface area contributed by atoms with E-state index >= 15 is 0 Å². The number of rotatable bonds is 4. The lowest BCUT2D eigenvalue weighted by molar-refractivity contribution is -0.127. The molecular formula is C10H20N2O3. The molecule has 0 aromatic heterocycles. The third kappa shape index (κ3) is 3.15. The number of carbonyl (C=O) groups excluding carboxylic acids is 1. The molecule has 4 N–H and O–H groups in total. The summed E-state index contributed by atoms with van der Waals surface area (Å²) in [6, 6.07) is 0. The summed E-state index contributed by atoms with van der Waals surface area (Å²) < 4.78 is 5.07. The predicted molar refractivity (Wildman–Crippen MR) is 56.3 cm³/mol. The summed E-state index contributed by atoms with van der Waals surface area (Å²) in [5.74, 6) is -0.231. The van der Waals surface area contributed by atoms with E-state index < -0.39 is 11.1 Å². The lowest BCUT2D eigenvalue weighted by Gasteiger charge is -2.26. The van der Waals surface area contributed by atoms with Crippen LogP contribution in [0.1, 0.15) is 26.7 Å². The molecule has 5 heteroatoms. The molecule has 1 saturated heterocycles. The molecule has 2 atom stereocenters. The topological polar surface area (TPSA) is 84.6 Å². The highest BCUT2D eigenvalue weighted by molar-refractivity contribution is 5.85. The first-order valence-corrected chi connectivity index (χ1v) is 5.27. The van der Waals surface area contributed by atoms with E-state index in [4.69, 9.17) is 10.5 Å². The third-order valence-electron chi connectivity index (χ3n) is 2.91. The predicted octanol–water partition coefficient (Wildman–Crippen LogP) is -0.619. The number of hydrogen-bond acceptors (Lipinski definition) is 4. The first-order valence-electron chi connectivity index (χ1n) is 5.27. The molecule has 0 aromatic carbocycles. The van der Waals surface area contributed by atoms with Crippen LogP contribution in [-0.2, 0) is 9.53 Å². The van der Waals surface area contributed by atoms with Gasteiger partial charge in [0.2, 0.25) is 5.91 Å². The second-order valence-electron chi connectivity index (χ2n) is 4.48. The van der Waals surface area contributed by atoms with E-state index in [1.54, 1.807) is 6.92 Å². The van der Waals surface area contributed by atoms with E-state index in [2.05, 4.69) is 5.32 Å². The number of nitrogens with one attached hydrogen (secondary N) is 1. The van der Waals surface area contributed by atoms with E-state index in [1.165, 1.54) is 0 Å². The number of hydrogen-bond donors (Lipinski definition) is 3. The van der Waals surface area contributed by atoms with Gasteiger partial charge in [-0.05, 0) is 13.3 Å². The van der Waals surface area contributed by atoms with E-state index in [-0.39, 0.29) is 19.1 Å². The molecule has 1 rings (SSSR count). The lowest BCUT2D eigenvalue weighted by Crippen LogP contribution is -2.54. The van der Waals surface area contributed by atoms with Gasteiger partial charge < -0.3 is 20.9 Å². The van der Waals surface area contributed by atoms with Crippen molar-refractivity contribution in [2.45, 2.75) is 37.8 Å². The van der Waals surface area contributed by atoms with Crippen molar-refractivity contribution >= 4 is 5.91 Å². The molecule has 1 aliphatic rings. The fraction of sp³-hybridized carbons (Fsp3) is 0.900. The SMILES string of the molecule is CCC(C)(N)C(=O)NCC1(O)CCOC1. The molecule has 5 nitrogen and oxygen atoms in total. The highest BCUT2D eigenvalue weighted by atomic mass is 16.5. The zero-order valence-electron chi connectivity index (χ0n) is 9.38. The first kappa shape index (κ1) is 12.4. The lowest BCUT2D eigenvalue weighted by atomic mass is 9.98. The summed E-state index contributed by atoms with van der Waals surface area (Å²) in [5, 5.41) is 12.6. The van der Waals surface area contributed by atoms with Crippen LogP contribution in [0.25, 0.3) is 0 Å². The van der Waals surface area contributed by atoms with E-state index in [1.807, 2.05) is 6.92 Å². The van der Waals surface area contributed by atoms with Crippen LogP contribution in [0.5, 0.6) is 0 Å². The van der Waals surface area contributed by atoms with E-state index in [9.17, 15) is 9.90 Å². The van der Waals surface area contributed by atoms with Gasteiger partial charge in [0.1, 0.15) is 5.60 Å². The van der Waals surface area contributed by atoms with Crippen LogP contribution < -0.4 is 11.1 Å². The van der Waals surface area contributed by atoms with Gasteiger partial charge in [-0.3, -0.25) is 4.79 Å². The van der Waals surface area contributed by atoms with Gasteiger partial charge in [-0.1, -0.05) is 6.92 Å². The molecule has 88 valence electrons. The van der Waals surface area contributed by atoms with Gasteiger partial charge in [0.15, 0.2) is 0 Å². The standard InChI is InChI=1S/C10H20N2O3/c1-3-9(2,11)8(13)12-6-10(14)4-5-15-7-10/h14H,3-7,11H2,1-2H3,(H,12,13). The van der Waals surface area contributed by atoms with Gasteiger partial charge in [-0.15, -0.1) is 0 Å². The Hall–Kier alpha value is -0.650. The maximum atomic E-state index is 11.6. The van der Waals surface area contributed by atoms with Crippen molar-refractivity contribution in [3.8, 4) is 0 Å². The molecule has 0 aliphatic carbocycles. The van der Waals surface area contributed by atoms with Crippen molar-refractivity contribution < 1.29 is 14.6 Å². The largest absolute Gasteiger partial charge is 0.386 e. The molecular weight excluding hydrogens is 196 g/mol. The van der Waals surface area contributed by atoms with Gasteiger partial charge >= 0.3 is 0 Å².